The van der Waals surface area contributed by atoms with E-state index in [1.54, 1.807) is 10.5 Å². The minimum Gasteiger partial charge on any atom is -0.315 e. The molecule has 0 amide bonds. The molecule has 2 atom stereocenters. The molecule has 0 aliphatic carbocycles. The summed E-state index contributed by atoms with van der Waals surface area (Å²) in [6.07, 6.45) is 3.18. The molecule has 2 aliphatic heterocycles. The molecule has 0 saturated carbocycles. The fourth-order valence-electron chi connectivity index (χ4n) is 3.05. The zero-order valence-electron chi connectivity index (χ0n) is 10.8. The molecule has 5 nitrogen and oxygen atoms in total. The predicted molar refractivity (Wildman–Crippen MR) is 73.2 cm³/mol. The molecule has 104 valence electrons. The third-order valence-electron chi connectivity index (χ3n) is 4.09. The zero-order chi connectivity index (χ0) is 13.3. The van der Waals surface area contributed by atoms with Gasteiger partial charge in [-0.05, 0) is 31.0 Å². The number of sulfonamides is 1. The molecular formula is C13H19N3O2S. The first-order valence-electron chi connectivity index (χ1n) is 6.77. The summed E-state index contributed by atoms with van der Waals surface area (Å²) >= 11 is 0. The van der Waals surface area contributed by atoms with Gasteiger partial charge in [0.25, 0.3) is 0 Å². The van der Waals surface area contributed by atoms with Gasteiger partial charge in [-0.1, -0.05) is 6.07 Å². The van der Waals surface area contributed by atoms with Crippen LogP contribution in [0.15, 0.2) is 24.4 Å². The summed E-state index contributed by atoms with van der Waals surface area (Å²) in [5, 5.41) is 3.28. The van der Waals surface area contributed by atoms with E-state index in [-0.39, 0.29) is 11.8 Å². The lowest BCUT2D eigenvalue weighted by Gasteiger charge is -2.22. The van der Waals surface area contributed by atoms with Crippen molar-refractivity contribution in [2.75, 3.05) is 25.4 Å². The van der Waals surface area contributed by atoms with Crippen molar-refractivity contribution in [3.05, 3.63) is 30.1 Å². The minimum absolute atomic E-state index is 0.160. The first kappa shape index (κ1) is 13.0. The van der Waals surface area contributed by atoms with Gasteiger partial charge in [0.05, 0.1) is 5.75 Å². The summed E-state index contributed by atoms with van der Waals surface area (Å²) < 4.78 is 26.5. The fourth-order valence-corrected chi connectivity index (χ4v) is 4.80. The average Bonchev–Trinajstić information content (AvgIpc) is 3.00. The van der Waals surface area contributed by atoms with Gasteiger partial charge in [-0.15, -0.1) is 0 Å². The van der Waals surface area contributed by atoms with Crippen LogP contribution in [-0.4, -0.2) is 49.1 Å². The molecule has 1 N–H and O–H groups in total. The van der Waals surface area contributed by atoms with Crippen LogP contribution in [0.3, 0.4) is 0 Å². The van der Waals surface area contributed by atoms with Crippen LogP contribution in [0.5, 0.6) is 0 Å². The van der Waals surface area contributed by atoms with E-state index in [2.05, 4.69) is 10.3 Å². The lowest BCUT2D eigenvalue weighted by Crippen LogP contribution is -2.40. The summed E-state index contributed by atoms with van der Waals surface area (Å²) in [7, 11) is -3.16. The van der Waals surface area contributed by atoms with E-state index in [0.29, 0.717) is 18.9 Å². The van der Waals surface area contributed by atoms with Crippen LogP contribution in [0, 0.1) is 5.92 Å². The van der Waals surface area contributed by atoms with Gasteiger partial charge in [0, 0.05) is 37.4 Å². The van der Waals surface area contributed by atoms with Gasteiger partial charge in [-0.25, -0.2) is 8.42 Å². The Morgan fingerprint density at radius 2 is 2.26 bits per heavy atom. The number of hydrogen-bond acceptors (Lipinski definition) is 4. The maximum absolute atomic E-state index is 12.4. The fraction of sp³-hybridized carbons (Fsp3) is 0.615. The molecule has 0 unspecified atom stereocenters. The van der Waals surface area contributed by atoms with Crippen molar-refractivity contribution in [3.63, 3.8) is 0 Å². The molecule has 2 saturated heterocycles. The lowest BCUT2D eigenvalue weighted by atomic mass is 10.1. The third kappa shape index (κ3) is 2.66. The second kappa shape index (κ2) is 5.19. The molecule has 0 spiro atoms. The van der Waals surface area contributed by atoms with Crippen LogP contribution < -0.4 is 5.32 Å². The van der Waals surface area contributed by atoms with Crippen molar-refractivity contribution in [3.8, 4) is 0 Å². The summed E-state index contributed by atoms with van der Waals surface area (Å²) in [4.78, 5) is 4.18. The molecular weight excluding hydrogens is 262 g/mol. The summed E-state index contributed by atoms with van der Waals surface area (Å²) in [5.41, 5.74) is 0.839. The number of nitrogens with one attached hydrogen (secondary N) is 1. The van der Waals surface area contributed by atoms with Crippen molar-refractivity contribution in [1.29, 1.82) is 0 Å². The molecule has 0 aromatic carbocycles. The highest BCUT2D eigenvalue weighted by molar-refractivity contribution is 7.89. The molecule has 2 fully saturated rings. The quantitative estimate of drug-likeness (QED) is 0.859. The first-order valence-corrected chi connectivity index (χ1v) is 8.38. The van der Waals surface area contributed by atoms with Gasteiger partial charge in [0.1, 0.15) is 0 Å². The predicted octanol–water partition coefficient (Wildman–Crippen LogP) is 0.248. The Balaban J connectivity index is 1.66. The number of rotatable bonds is 4. The third-order valence-corrected chi connectivity index (χ3v) is 5.98. The van der Waals surface area contributed by atoms with Crippen LogP contribution in [0.1, 0.15) is 12.1 Å². The summed E-state index contributed by atoms with van der Waals surface area (Å²) in [6, 6.07) is 5.78. The summed E-state index contributed by atoms with van der Waals surface area (Å²) in [6.45, 7) is 2.44. The molecule has 6 heteroatoms. The van der Waals surface area contributed by atoms with Gasteiger partial charge >= 0.3 is 0 Å². The van der Waals surface area contributed by atoms with Crippen LogP contribution in [-0.2, 0) is 16.4 Å². The summed E-state index contributed by atoms with van der Waals surface area (Å²) in [5.74, 6) is 0.664. The normalized spacial score (nSPS) is 27.6. The molecule has 0 radical (unpaired) electrons. The van der Waals surface area contributed by atoms with Gasteiger partial charge in [-0.3, -0.25) is 4.98 Å². The Morgan fingerprint density at radius 1 is 1.37 bits per heavy atom. The molecule has 3 heterocycles. The molecule has 3 rings (SSSR count). The van der Waals surface area contributed by atoms with Gasteiger partial charge in [0.2, 0.25) is 10.0 Å². The Kier molecular flexibility index (Phi) is 3.56. The highest BCUT2D eigenvalue weighted by atomic mass is 32.2. The second-order valence-electron chi connectivity index (χ2n) is 5.27. The maximum Gasteiger partial charge on any atom is 0.214 e. The molecule has 0 bridgehead atoms. The maximum atomic E-state index is 12.4. The highest BCUT2D eigenvalue weighted by Gasteiger charge is 2.42. The topological polar surface area (TPSA) is 62.3 Å². The van der Waals surface area contributed by atoms with E-state index in [1.165, 1.54) is 0 Å². The Bertz CT molecular complexity index is 532. The van der Waals surface area contributed by atoms with E-state index in [1.807, 2.05) is 18.2 Å². The SMILES string of the molecule is O=S(=O)(CCc1ccccn1)N1CC[C@H]2CNC[C@H]21. The largest absolute Gasteiger partial charge is 0.315 e. The monoisotopic (exact) mass is 281 g/mol. The van der Waals surface area contributed by atoms with Crippen molar-refractivity contribution in [1.82, 2.24) is 14.6 Å². The van der Waals surface area contributed by atoms with E-state index >= 15 is 0 Å². The van der Waals surface area contributed by atoms with Gasteiger partial charge in [-0.2, -0.15) is 4.31 Å². The van der Waals surface area contributed by atoms with E-state index in [9.17, 15) is 8.42 Å². The number of nitrogens with zero attached hydrogens (tertiary/aromatic N) is 2. The smallest absolute Gasteiger partial charge is 0.214 e. The van der Waals surface area contributed by atoms with Crippen LogP contribution in [0.2, 0.25) is 0 Å². The number of aryl methyl sites for hydroxylation is 1. The lowest BCUT2D eigenvalue weighted by molar-refractivity contribution is 0.382. The van der Waals surface area contributed by atoms with Gasteiger partial charge < -0.3 is 5.32 Å². The van der Waals surface area contributed by atoms with E-state index < -0.39 is 10.0 Å². The van der Waals surface area contributed by atoms with E-state index in [4.69, 9.17) is 0 Å². The van der Waals surface area contributed by atoms with Crippen molar-refractivity contribution >= 4 is 10.0 Å². The van der Waals surface area contributed by atoms with Crippen molar-refractivity contribution < 1.29 is 8.42 Å². The van der Waals surface area contributed by atoms with Crippen LogP contribution in [0.4, 0.5) is 0 Å². The van der Waals surface area contributed by atoms with Crippen LogP contribution >= 0.6 is 0 Å². The van der Waals surface area contributed by atoms with Crippen LogP contribution in [0.25, 0.3) is 0 Å². The van der Waals surface area contributed by atoms with E-state index in [0.717, 1.165) is 25.2 Å². The molecule has 19 heavy (non-hydrogen) atoms. The molecule has 2 aliphatic rings. The number of fused-ring (bicyclic) bond motifs is 1. The average molecular weight is 281 g/mol. The minimum atomic E-state index is -3.16. The van der Waals surface area contributed by atoms with Crippen molar-refractivity contribution in [2.45, 2.75) is 18.9 Å². The second-order valence-corrected chi connectivity index (χ2v) is 7.31. The Labute approximate surface area is 114 Å². The Hall–Kier alpha value is -0.980. The standard InChI is InChI=1S/C13H19N3O2S/c17-19(18,8-5-12-3-1-2-6-15-12)16-7-4-11-9-14-10-13(11)16/h1-3,6,11,13-14H,4-5,7-10H2/t11-,13+/m0/s1. The molecule has 1 aromatic rings. The highest BCUT2D eigenvalue weighted by Crippen LogP contribution is 2.29. The van der Waals surface area contributed by atoms with Crippen molar-refractivity contribution in [2.24, 2.45) is 5.92 Å². The number of pyridine rings is 1. The van der Waals surface area contributed by atoms with Gasteiger partial charge in [0.15, 0.2) is 0 Å². The molecule has 1 aromatic heterocycles. The Morgan fingerprint density at radius 3 is 3.05 bits per heavy atom. The zero-order valence-corrected chi connectivity index (χ0v) is 11.6. The first-order chi connectivity index (χ1) is 9.17. The number of hydrogen-bond donors (Lipinski definition) is 1. The number of aromatic nitrogens is 1.